The maximum Gasteiger partial charge on any atom is 0.138 e. The van der Waals surface area contributed by atoms with E-state index in [1.54, 1.807) is 6.20 Å². The van der Waals surface area contributed by atoms with E-state index < -0.39 is 0 Å². The predicted molar refractivity (Wildman–Crippen MR) is 83.3 cm³/mol. The Hall–Kier alpha value is -1.91. The Morgan fingerprint density at radius 3 is 2.81 bits per heavy atom. The van der Waals surface area contributed by atoms with E-state index in [1.807, 2.05) is 38.1 Å². The van der Waals surface area contributed by atoms with Gasteiger partial charge in [-0.3, -0.25) is 4.98 Å². The van der Waals surface area contributed by atoms with Gasteiger partial charge in [0.1, 0.15) is 5.76 Å². The Kier molecular flexibility index (Phi) is 3.90. The molecule has 0 bridgehead atoms. The first kappa shape index (κ1) is 14.0. The van der Waals surface area contributed by atoms with E-state index in [-0.39, 0.29) is 0 Å². The van der Waals surface area contributed by atoms with Crippen LogP contribution in [0.25, 0.3) is 10.9 Å². The van der Waals surface area contributed by atoms with Crippen molar-refractivity contribution in [2.24, 2.45) is 0 Å². The lowest BCUT2D eigenvalue weighted by molar-refractivity contribution is 0.392. The summed E-state index contributed by atoms with van der Waals surface area (Å²) in [5.41, 5.74) is 4.11. The Morgan fingerprint density at radius 2 is 2.05 bits per heavy atom. The number of hydrogen-bond donors (Lipinski definition) is 1. The summed E-state index contributed by atoms with van der Waals surface area (Å²) >= 11 is 6.20. The Bertz CT molecular complexity index is 763. The van der Waals surface area contributed by atoms with Crippen molar-refractivity contribution >= 4 is 22.5 Å². The number of nitrogens with zero attached hydrogens (tertiary/aromatic N) is 2. The van der Waals surface area contributed by atoms with Crippen molar-refractivity contribution < 1.29 is 4.52 Å². The first-order valence-electron chi connectivity index (χ1n) is 6.81. The standard InChI is InChI=1S/C16H16ClN3O/c1-10-14(11(2)21-20-10)9-18-8-12-5-6-15(17)13-4-3-7-19-16(12)13/h3-7,18H,8-9H2,1-2H3. The topological polar surface area (TPSA) is 51.0 Å². The molecule has 3 aromatic rings. The van der Waals surface area contributed by atoms with Crippen LogP contribution in [0.5, 0.6) is 0 Å². The zero-order valence-corrected chi connectivity index (χ0v) is 12.7. The van der Waals surface area contributed by atoms with Crippen LogP contribution in [0.3, 0.4) is 0 Å². The molecule has 1 N–H and O–H groups in total. The molecule has 0 aliphatic rings. The third-order valence-electron chi connectivity index (χ3n) is 3.60. The molecule has 2 heterocycles. The molecule has 0 aliphatic carbocycles. The Morgan fingerprint density at radius 1 is 1.19 bits per heavy atom. The van der Waals surface area contributed by atoms with Crippen LogP contribution in [0, 0.1) is 13.8 Å². The highest BCUT2D eigenvalue weighted by atomic mass is 35.5. The van der Waals surface area contributed by atoms with Gasteiger partial charge in [0.15, 0.2) is 0 Å². The minimum atomic E-state index is 0.717. The normalized spacial score (nSPS) is 11.2. The molecule has 108 valence electrons. The summed E-state index contributed by atoms with van der Waals surface area (Å²) in [6.07, 6.45) is 1.79. The van der Waals surface area contributed by atoms with Gasteiger partial charge in [-0.2, -0.15) is 0 Å². The van der Waals surface area contributed by atoms with Crippen LogP contribution < -0.4 is 5.32 Å². The van der Waals surface area contributed by atoms with Crippen molar-refractivity contribution in [3.05, 3.63) is 58.1 Å². The fraction of sp³-hybridized carbons (Fsp3) is 0.250. The fourth-order valence-corrected chi connectivity index (χ4v) is 2.63. The summed E-state index contributed by atoms with van der Waals surface area (Å²) in [6, 6.07) is 7.81. The van der Waals surface area contributed by atoms with Crippen molar-refractivity contribution in [2.45, 2.75) is 26.9 Å². The molecule has 0 saturated carbocycles. The van der Waals surface area contributed by atoms with Crippen LogP contribution in [0.15, 0.2) is 35.0 Å². The van der Waals surface area contributed by atoms with Crippen LogP contribution in [0.1, 0.15) is 22.6 Å². The number of aromatic nitrogens is 2. The number of halogens is 1. The molecule has 0 saturated heterocycles. The quantitative estimate of drug-likeness (QED) is 0.796. The molecule has 0 atom stereocenters. The van der Waals surface area contributed by atoms with Crippen LogP contribution >= 0.6 is 11.6 Å². The second-order valence-corrected chi connectivity index (χ2v) is 5.42. The lowest BCUT2D eigenvalue weighted by atomic mass is 10.1. The van der Waals surface area contributed by atoms with E-state index >= 15 is 0 Å². The number of fused-ring (bicyclic) bond motifs is 1. The minimum absolute atomic E-state index is 0.717. The molecule has 0 amide bonds. The smallest absolute Gasteiger partial charge is 0.138 e. The molecule has 1 aromatic carbocycles. The number of rotatable bonds is 4. The Balaban J connectivity index is 1.79. The molecule has 0 unspecified atom stereocenters. The van der Waals surface area contributed by atoms with Crippen molar-refractivity contribution in [3.63, 3.8) is 0 Å². The second kappa shape index (κ2) is 5.84. The largest absolute Gasteiger partial charge is 0.361 e. The number of nitrogens with one attached hydrogen (secondary N) is 1. The van der Waals surface area contributed by atoms with Crippen LogP contribution in [0.4, 0.5) is 0 Å². The van der Waals surface area contributed by atoms with E-state index in [0.717, 1.165) is 51.6 Å². The predicted octanol–water partition coefficient (Wildman–Crippen LogP) is 3.78. The van der Waals surface area contributed by atoms with Gasteiger partial charge < -0.3 is 9.84 Å². The third kappa shape index (κ3) is 2.77. The molecular formula is C16H16ClN3O. The summed E-state index contributed by atoms with van der Waals surface area (Å²) in [5.74, 6) is 0.860. The lowest BCUT2D eigenvalue weighted by Gasteiger charge is -2.08. The van der Waals surface area contributed by atoms with Crippen molar-refractivity contribution in [1.29, 1.82) is 0 Å². The van der Waals surface area contributed by atoms with E-state index in [0.29, 0.717) is 0 Å². The number of benzene rings is 1. The summed E-state index contributed by atoms with van der Waals surface area (Å²) in [6.45, 7) is 5.32. The van der Waals surface area contributed by atoms with E-state index in [1.165, 1.54) is 0 Å². The van der Waals surface area contributed by atoms with Crippen molar-refractivity contribution in [1.82, 2.24) is 15.5 Å². The van der Waals surface area contributed by atoms with Crippen molar-refractivity contribution in [3.8, 4) is 0 Å². The SMILES string of the molecule is Cc1noc(C)c1CNCc1ccc(Cl)c2cccnc12. The maximum atomic E-state index is 6.20. The van der Waals surface area contributed by atoms with E-state index in [2.05, 4.69) is 15.5 Å². The monoisotopic (exact) mass is 301 g/mol. The average molecular weight is 302 g/mol. The summed E-state index contributed by atoms with van der Waals surface area (Å²) in [7, 11) is 0. The lowest BCUT2D eigenvalue weighted by Crippen LogP contribution is -2.14. The highest BCUT2D eigenvalue weighted by molar-refractivity contribution is 6.35. The molecule has 0 aliphatic heterocycles. The first-order chi connectivity index (χ1) is 10.2. The van der Waals surface area contributed by atoms with Gasteiger partial charge in [0.2, 0.25) is 0 Å². The maximum absolute atomic E-state index is 6.20. The van der Waals surface area contributed by atoms with Gasteiger partial charge in [-0.1, -0.05) is 22.8 Å². The van der Waals surface area contributed by atoms with Gasteiger partial charge >= 0.3 is 0 Å². The molecule has 4 nitrogen and oxygen atoms in total. The first-order valence-corrected chi connectivity index (χ1v) is 7.19. The third-order valence-corrected chi connectivity index (χ3v) is 3.93. The fourth-order valence-electron chi connectivity index (χ4n) is 2.42. The summed E-state index contributed by atoms with van der Waals surface area (Å²) in [5, 5.41) is 9.08. The molecule has 0 spiro atoms. The van der Waals surface area contributed by atoms with Gasteiger partial charge in [-0.25, -0.2) is 0 Å². The van der Waals surface area contributed by atoms with Crippen LogP contribution in [0.2, 0.25) is 5.02 Å². The number of aryl methyl sites for hydroxylation is 2. The molecule has 2 aromatic heterocycles. The van der Waals surface area contributed by atoms with Gasteiger partial charge in [0, 0.05) is 35.3 Å². The van der Waals surface area contributed by atoms with Gasteiger partial charge in [-0.15, -0.1) is 0 Å². The molecule has 0 radical (unpaired) electrons. The summed E-state index contributed by atoms with van der Waals surface area (Å²) < 4.78 is 5.16. The number of hydrogen-bond acceptors (Lipinski definition) is 4. The van der Waals surface area contributed by atoms with Gasteiger partial charge in [-0.05, 0) is 37.6 Å². The molecule has 5 heteroatoms. The average Bonchev–Trinajstić information content (AvgIpc) is 2.81. The number of pyridine rings is 1. The minimum Gasteiger partial charge on any atom is -0.361 e. The highest BCUT2D eigenvalue weighted by Crippen LogP contribution is 2.24. The van der Waals surface area contributed by atoms with Gasteiger partial charge in [0.05, 0.1) is 11.2 Å². The van der Waals surface area contributed by atoms with Crippen molar-refractivity contribution in [2.75, 3.05) is 0 Å². The molecular weight excluding hydrogens is 286 g/mol. The molecule has 0 fully saturated rings. The molecule has 21 heavy (non-hydrogen) atoms. The van der Waals surface area contributed by atoms with Crippen LogP contribution in [-0.2, 0) is 13.1 Å². The second-order valence-electron chi connectivity index (χ2n) is 5.01. The zero-order chi connectivity index (χ0) is 14.8. The van der Waals surface area contributed by atoms with E-state index in [4.69, 9.17) is 16.1 Å². The van der Waals surface area contributed by atoms with Crippen LogP contribution in [-0.4, -0.2) is 10.1 Å². The molecule has 3 rings (SSSR count). The summed E-state index contributed by atoms with van der Waals surface area (Å²) in [4.78, 5) is 4.44. The Labute approximate surface area is 128 Å². The zero-order valence-electron chi connectivity index (χ0n) is 12.0. The van der Waals surface area contributed by atoms with E-state index in [9.17, 15) is 0 Å². The highest BCUT2D eigenvalue weighted by Gasteiger charge is 2.09. The van der Waals surface area contributed by atoms with Gasteiger partial charge in [0.25, 0.3) is 0 Å².